The van der Waals surface area contributed by atoms with Gasteiger partial charge in [0.1, 0.15) is 0 Å². The molecule has 0 saturated carbocycles. The Bertz CT molecular complexity index is 939. The predicted molar refractivity (Wildman–Crippen MR) is 107 cm³/mol. The van der Waals surface area contributed by atoms with Crippen LogP contribution in [0.4, 0.5) is 0 Å². The molecule has 0 aliphatic carbocycles. The lowest BCUT2D eigenvalue weighted by atomic mass is 9.98. The number of hydrogen-bond acceptors (Lipinski definition) is 4. The smallest absolute Gasteiger partial charge is 0.162 e. The summed E-state index contributed by atoms with van der Waals surface area (Å²) in [6.07, 6.45) is 0.832. The van der Waals surface area contributed by atoms with Crippen molar-refractivity contribution in [1.29, 1.82) is 0 Å². The van der Waals surface area contributed by atoms with Crippen molar-refractivity contribution in [3.63, 3.8) is 0 Å². The second-order valence-electron chi connectivity index (χ2n) is 6.61. The van der Waals surface area contributed by atoms with E-state index in [1.807, 2.05) is 36.4 Å². The summed E-state index contributed by atoms with van der Waals surface area (Å²) in [6, 6.07) is 26.4. The number of nitrogens with zero attached hydrogens (tertiary/aromatic N) is 2. The molecule has 4 heteroatoms. The van der Waals surface area contributed by atoms with E-state index in [1.165, 1.54) is 5.56 Å². The first kappa shape index (κ1) is 17.2. The molecule has 0 radical (unpaired) electrons. The molecule has 3 aromatic carbocycles. The number of para-hydroxylation sites is 1. The molecule has 0 aromatic heterocycles. The van der Waals surface area contributed by atoms with E-state index in [1.54, 1.807) is 13.2 Å². The van der Waals surface area contributed by atoms with Crippen LogP contribution in [-0.4, -0.2) is 22.9 Å². The van der Waals surface area contributed by atoms with Crippen molar-refractivity contribution in [3.05, 3.63) is 95.6 Å². The van der Waals surface area contributed by atoms with Gasteiger partial charge in [-0.25, -0.2) is 0 Å². The van der Waals surface area contributed by atoms with Crippen molar-refractivity contribution in [2.24, 2.45) is 5.10 Å². The number of phenolic OH excluding ortho intramolecular Hbond substituents is 1. The van der Waals surface area contributed by atoms with E-state index >= 15 is 0 Å². The summed E-state index contributed by atoms with van der Waals surface area (Å²) in [5, 5.41) is 17.5. The molecule has 1 heterocycles. The standard InChI is InChI=1S/C23H22N2O2/c1-27-22-14-8-13-19(23(22)26)16-25-21(18-11-6-3-7-12-18)15-20(24-25)17-9-4-2-5-10-17/h2-14,21,26H,15-16H2,1H3/t21-/m1/s1. The Morgan fingerprint density at radius 3 is 2.37 bits per heavy atom. The van der Waals surface area contributed by atoms with Crippen LogP contribution >= 0.6 is 0 Å². The Morgan fingerprint density at radius 2 is 1.67 bits per heavy atom. The molecule has 0 saturated heterocycles. The fourth-order valence-corrected chi connectivity index (χ4v) is 3.51. The van der Waals surface area contributed by atoms with E-state index in [0.29, 0.717) is 12.3 Å². The molecular formula is C23H22N2O2. The number of rotatable bonds is 5. The molecule has 1 aliphatic rings. The van der Waals surface area contributed by atoms with Crippen molar-refractivity contribution in [1.82, 2.24) is 5.01 Å². The zero-order valence-corrected chi connectivity index (χ0v) is 15.2. The van der Waals surface area contributed by atoms with Gasteiger partial charge in [0.05, 0.1) is 25.4 Å². The first-order valence-electron chi connectivity index (χ1n) is 9.05. The van der Waals surface area contributed by atoms with Crippen LogP contribution < -0.4 is 4.74 Å². The average molecular weight is 358 g/mol. The van der Waals surface area contributed by atoms with Gasteiger partial charge in [-0.15, -0.1) is 0 Å². The van der Waals surface area contributed by atoms with Gasteiger partial charge >= 0.3 is 0 Å². The summed E-state index contributed by atoms with van der Waals surface area (Å²) in [5.41, 5.74) is 4.21. The first-order valence-corrected chi connectivity index (χ1v) is 9.05. The van der Waals surface area contributed by atoms with Crippen LogP contribution in [0.15, 0.2) is 84.0 Å². The molecule has 1 aliphatic heterocycles. The molecule has 0 amide bonds. The van der Waals surface area contributed by atoms with Crippen LogP contribution in [0.5, 0.6) is 11.5 Å². The quantitative estimate of drug-likeness (QED) is 0.716. The minimum atomic E-state index is 0.131. The molecule has 1 atom stereocenters. The molecular weight excluding hydrogens is 336 g/mol. The van der Waals surface area contributed by atoms with Gasteiger partial charge in [0, 0.05) is 12.0 Å². The van der Waals surface area contributed by atoms with Gasteiger partial charge in [-0.3, -0.25) is 5.01 Å². The Morgan fingerprint density at radius 1 is 0.963 bits per heavy atom. The van der Waals surface area contributed by atoms with Crippen LogP contribution in [0.3, 0.4) is 0 Å². The van der Waals surface area contributed by atoms with E-state index in [4.69, 9.17) is 9.84 Å². The fourth-order valence-electron chi connectivity index (χ4n) is 3.51. The normalized spacial score (nSPS) is 16.3. The third-order valence-electron chi connectivity index (χ3n) is 4.92. The lowest BCUT2D eigenvalue weighted by Gasteiger charge is -2.24. The van der Waals surface area contributed by atoms with Crippen molar-refractivity contribution in [3.8, 4) is 11.5 Å². The number of phenols is 1. The highest BCUT2D eigenvalue weighted by Crippen LogP contribution is 2.37. The Balaban J connectivity index is 1.69. The van der Waals surface area contributed by atoms with Crippen LogP contribution in [-0.2, 0) is 6.54 Å². The first-order chi connectivity index (χ1) is 13.3. The lowest BCUT2D eigenvalue weighted by molar-refractivity contribution is 0.220. The number of hydrazone groups is 1. The van der Waals surface area contributed by atoms with Gasteiger partial charge < -0.3 is 9.84 Å². The summed E-state index contributed by atoms with van der Waals surface area (Å²) in [6.45, 7) is 0.513. The molecule has 0 spiro atoms. The molecule has 0 bridgehead atoms. The summed E-state index contributed by atoms with van der Waals surface area (Å²) in [5.74, 6) is 0.658. The third-order valence-corrected chi connectivity index (χ3v) is 4.92. The van der Waals surface area contributed by atoms with Gasteiger partial charge in [0.2, 0.25) is 0 Å². The van der Waals surface area contributed by atoms with Crippen molar-refractivity contribution in [2.75, 3.05) is 7.11 Å². The van der Waals surface area contributed by atoms with E-state index < -0.39 is 0 Å². The van der Waals surface area contributed by atoms with Crippen molar-refractivity contribution >= 4 is 5.71 Å². The summed E-state index contributed by atoms with van der Waals surface area (Å²) < 4.78 is 5.25. The number of ether oxygens (including phenoxy) is 1. The Hall–Kier alpha value is -3.27. The predicted octanol–water partition coefficient (Wildman–Crippen LogP) is 4.75. The molecule has 4 rings (SSSR count). The van der Waals surface area contributed by atoms with E-state index in [0.717, 1.165) is 23.3 Å². The van der Waals surface area contributed by atoms with Crippen LogP contribution in [0.1, 0.15) is 29.2 Å². The maximum atomic E-state index is 10.5. The lowest BCUT2D eigenvalue weighted by Crippen LogP contribution is -2.19. The second-order valence-corrected chi connectivity index (χ2v) is 6.61. The minimum Gasteiger partial charge on any atom is -0.504 e. The number of benzene rings is 3. The summed E-state index contributed by atoms with van der Waals surface area (Å²) in [4.78, 5) is 0. The van der Waals surface area contributed by atoms with E-state index in [9.17, 15) is 5.11 Å². The molecule has 27 heavy (non-hydrogen) atoms. The summed E-state index contributed by atoms with van der Waals surface area (Å²) >= 11 is 0. The van der Waals surface area contributed by atoms with Gasteiger partial charge in [-0.2, -0.15) is 5.10 Å². The molecule has 0 unspecified atom stereocenters. The number of methoxy groups -OCH3 is 1. The monoisotopic (exact) mass is 358 g/mol. The van der Waals surface area contributed by atoms with Crippen LogP contribution in [0, 0.1) is 0 Å². The Kier molecular flexibility index (Phi) is 4.79. The highest BCUT2D eigenvalue weighted by molar-refractivity contribution is 6.01. The minimum absolute atomic E-state index is 0.131. The molecule has 1 N–H and O–H groups in total. The number of aromatic hydroxyl groups is 1. The average Bonchev–Trinajstić information content (AvgIpc) is 3.15. The zero-order chi connectivity index (χ0) is 18.6. The SMILES string of the molecule is COc1cccc(CN2N=C(c3ccccc3)C[C@@H]2c2ccccc2)c1O. The second kappa shape index (κ2) is 7.54. The maximum Gasteiger partial charge on any atom is 0.162 e. The molecule has 136 valence electrons. The highest BCUT2D eigenvalue weighted by Gasteiger charge is 2.29. The summed E-state index contributed by atoms with van der Waals surface area (Å²) in [7, 11) is 1.56. The molecule has 4 nitrogen and oxygen atoms in total. The molecule has 0 fully saturated rings. The Labute approximate surface area is 159 Å². The largest absolute Gasteiger partial charge is 0.504 e. The number of hydrogen-bond donors (Lipinski definition) is 1. The third kappa shape index (κ3) is 3.51. The van der Waals surface area contributed by atoms with Gasteiger partial charge in [0.25, 0.3) is 0 Å². The van der Waals surface area contributed by atoms with Gasteiger partial charge in [0.15, 0.2) is 11.5 Å². The fraction of sp³-hybridized carbons (Fsp3) is 0.174. The zero-order valence-electron chi connectivity index (χ0n) is 15.2. The van der Waals surface area contributed by atoms with Gasteiger partial charge in [-0.05, 0) is 17.2 Å². The van der Waals surface area contributed by atoms with Crippen LogP contribution in [0.2, 0.25) is 0 Å². The maximum absolute atomic E-state index is 10.5. The van der Waals surface area contributed by atoms with E-state index in [2.05, 4.69) is 41.4 Å². The van der Waals surface area contributed by atoms with Crippen LogP contribution in [0.25, 0.3) is 0 Å². The van der Waals surface area contributed by atoms with Crippen molar-refractivity contribution in [2.45, 2.75) is 19.0 Å². The van der Waals surface area contributed by atoms with Gasteiger partial charge in [-0.1, -0.05) is 72.8 Å². The van der Waals surface area contributed by atoms with E-state index in [-0.39, 0.29) is 11.8 Å². The topological polar surface area (TPSA) is 45.1 Å². The molecule has 3 aromatic rings. The highest BCUT2D eigenvalue weighted by atomic mass is 16.5. The van der Waals surface area contributed by atoms with Crippen molar-refractivity contribution < 1.29 is 9.84 Å².